The predicted octanol–water partition coefficient (Wildman–Crippen LogP) is 5.95. The van der Waals surface area contributed by atoms with Crippen LogP contribution in [0.4, 0.5) is 4.39 Å². The van der Waals surface area contributed by atoms with E-state index in [1.165, 1.54) is 44.1 Å². The van der Waals surface area contributed by atoms with Crippen molar-refractivity contribution in [3.8, 4) is 6.07 Å². The second kappa shape index (κ2) is 9.41. The summed E-state index contributed by atoms with van der Waals surface area (Å²) in [6.07, 6.45) is 13.3. The lowest BCUT2D eigenvalue weighted by atomic mass is 9.78. The van der Waals surface area contributed by atoms with Crippen molar-refractivity contribution < 1.29 is 4.39 Å². The molecule has 1 aliphatic rings. The molecule has 2 rings (SSSR count). The van der Waals surface area contributed by atoms with E-state index < -0.39 is 0 Å². The Bertz CT molecular complexity index is 489. The SMILES string of the molecule is N#Cc1ccc(CCC2CCC(CCC/C=C/F)CC2)cc1. The minimum absolute atomic E-state index is 0.667. The Balaban J connectivity index is 1.63. The van der Waals surface area contributed by atoms with Gasteiger partial charge in [-0.15, -0.1) is 0 Å². The minimum atomic E-state index is 0.667. The zero-order chi connectivity index (χ0) is 15.6. The fourth-order valence-electron chi connectivity index (χ4n) is 3.51. The molecule has 1 saturated carbocycles. The summed E-state index contributed by atoms with van der Waals surface area (Å²) < 4.78 is 11.9. The molecule has 0 saturated heterocycles. The fraction of sp³-hybridized carbons (Fsp3) is 0.550. The van der Waals surface area contributed by atoms with Crippen LogP contribution in [0.1, 0.15) is 62.5 Å². The van der Waals surface area contributed by atoms with Gasteiger partial charge in [-0.05, 0) is 55.2 Å². The molecule has 0 amide bonds. The third-order valence-corrected chi connectivity index (χ3v) is 4.96. The summed E-state index contributed by atoms with van der Waals surface area (Å²) in [7, 11) is 0. The van der Waals surface area contributed by atoms with Gasteiger partial charge in [-0.1, -0.05) is 50.3 Å². The molecule has 1 aromatic carbocycles. The number of rotatable bonds is 7. The summed E-state index contributed by atoms with van der Waals surface area (Å²) in [5.41, 5.74) is 2.09. The van der Waals surface area contributed by atoms with E-state index in [1.807, 2.05) is 12.1 Å². The van der Waals surface area contributed by atoms with E-state index in [-0.39, 0.29) is 0 Å². The maximum atomic E-state index is 11.9. The number of hydrogen-bond donors (Lipinski definition) is 0. The van der Waals surface area contributed by atoms with E-state index in [1.54, 1.807) is 6.08 Å². The summed E-state index contributed by atoms with van der Waals surface area (Å²) in [4.78, 5) is 0. The number of nitriles is 1. The lowest BCUT2D eigenvalue weighted by molar-refractivity contribution is 0.250. The van der Waals surface area contributed by atoms with Crippen LogP contribution in [0.2, 0.25) is 0 Å². The van der Waals surface area contributed by atoms with Crippen LogP contribution in [0.15, 0.2) is 36.7 Å². The maximum Gasteiger partial charge on any atom is 0.0991 e. The highest BCUT2D eigenvalue weighted by molar-refractivity contribution is 5.31. The van der Waals surface area contributed by atoms with Crippen molar-refractivity contribution in [2.75, 3.05) is 0 Å². The lowest BCUT2D eigenvalue weighted by Crippen LogP contribution is -2.15. The van der Waals surface area contributed by atoms with Crippen LogP contribution in [-0.4, -0.2) is 0 Å². The van der Waals surface area contributed by atoms with E-state index >= 15 is 0 Å². The van der Waals surface area contributed by atoms with Crippen molar-refractivity contribution >= 4 is 0 Å². The first-order valence-corrected chi connectivity index (χ1v) is 8.56. The molecule has 22 heavy (non-hydrogen) atoms. The van der Waals surface area contributed by atoms with Gasteiger partial charge in [0.15, 0.2) is 0 Å². The Hall–Kier alpha value is -1.62. The van der Waals surface area contributed by atoms with Crippen LogP contribution in [0.5, 0.6) is 0 Å². The second-order valence-electron chi connectivity index (χ2n) is 6.53. The molecular weight excluding hydrogens is 273 g/mol. The fourth-order valence-corrected chi connectivity index (χ4v) is 3.51. The Morgan fingerprint density at radius 2 is 1.68 bits per heavy atom. The molecule has 0 aliphatic heterocycles. The molecule has 0 atom stereocenters. The van der Waals surface area contributed by atoms with E-state index in [0.717, 1.165) is 36.7 Å². The molecule has 1 aromatic rings. The van der Waals surface area contributed by atoms with Crippen LogP contribution < -0.4 is 0 Å². The molecule has 0 heterocycles. The van der Waals surface area contributed by atoms with Crippen LogP contribution in [0.3, 0.4) is 0 Å². The average molecular weight is 299 g/mol. The summed E-state index contributed by atoms with van der Waals surface area (Å²) in [6, 6.07) is 10.2. The molecule has 2 heteroatoms. The monoisotopic (exact) mass is 299 g/mol. The van der Waals surface area contributed by atoms with Crippen molar-refractivity contribution in [3.05, 3.63) is 47.8 Å². The van der Waals surface area contributed by atoms with Crippen molar-refractivity contribution in [2.45, 2.75) is 57.8 Å². The number of hydrogen-bond acceptors (Lipinski definition) is 1. The molecule has 0 aromatic heterocycles. The Kier molecular flexibility index (Phi) is 7.16. The quantitative estimate of drug-likeness (QED) is 0.571. The summed E-state index contributed by atoms with van der Waals surface area (Å²) >= 11 is 0. The molecule has 0 spiro atoms. The van der Waals surface area contributed by atoms with Gasteiger partial charge in [-0.25, -0.2) is 4.39 Å². The highest BCUT2D eigenvalue weighted by Gasteiger charge is 2.20. The van der Waals surface area contributed by atoms with Crippen molar-refractivity contribution in [1.82, 2.24) is 0 Å². The van der Waals surface area contributed by atoms with E-state index in [0.29, 0.717) is 6.33 Å². The maximum absolute atomic E-state index is 11.9. The largest absolute Gasteiger partial charge is 0.216 e. The topological polar surface area (TPSA) is 23.8 Å². The molecule has 0 N–H and O–H groups in total. The highest BCUT2D eigenvalue weighted by atomic mass is 19.1. The highest BCUT2D eigenvalue weighted by Crippen LogP contribution is 2.34. The Morgan fingerprint density at radius 3 is 2.27 bits per heavy atom. The van der Waals surface area contributed by atoms with Gasteiger partial charge in [0.1, 0.15) is 0 Å². The molecule has 1 aliphatic carbocycles. The number of benzene rings is 1. The molecule has 1 fully saturated rings. The van der Waals surface area contributed by atoms with Gasteiger partial charge >= 0.3 is 0 Å². The normalized spacial score (nSPS) is 21.8. The summed E-state index contributed by atoms with van der Waals surface area (Å²) in [5, 5.41) is 8.81. The molecule has 118 valence electrons. The van der Waals surface area contributed by atoms with Gasteiger partial charge in [-0.3, -0.25) is 0 Å². The van der Waals surface area contributed by atoms with Gasteiger partial charge in [-0.2, -0.15) is 5.26 Å². The van der Waals surface area contributed by atoms with Gasteiger partial charge in [0, 0.05) is 0 Å². The minimum Gasteiger partial charge on any atom is -0.216 e. The van der Waals surface area contributed by atoms with Crippen molar-refractivity contribution in [1.29, 1.82) is 5.26 Å². The molecule has 0 radical (unpaired) electrons. The van der Waals surface area contributed by atoms with Crippen LogP contribution in [0.25, 0.3) is 0 Å². The molecule has 0 unspecified atom stereocenters. The van der Waals surface area contributed by atoms with E-state index in [2.05, 4.69) is 18.2 Å². The first kappa shape index (κ1) is 16.7. The van der Waals surface area contributed by atoms with Gasteiger partial charge in [0.2, 0.25) is 0 Å². The number of nitrogens with zero attached hydrogens (tertiary/aromatic N) is 1. The smallest absolute Gasteiger partial charge is 0.0991 e. The van der Waals surface area contributed by atoms with Gasteiger partial charge < -0.3 is 0 Å². The van der Waals surface area contributed by atoms with Crippen molar-refractivity contribution in [3.63, 3.8) is 0 Å². The van der Waals surface area contributed by atoms with Gasteiger partial charge in [0.05, 0.1) is 18.0 Å². The Labute approximate surface area is 133 Å². The zero-order valence-electron chi connectivity index (χ0n) is 13.3. The van der Waals surface area contributed by atoms with Crippen LogP contribution in [-0.2, 0) is 6.42 Å². The van der Waals surface area contributed by atoms with Crippen LogP contribution in [0, 0.1) is 23.2 Å². The predicted molar refractivity (Wildman–Crippen MR) is 89.0 cm³/mol. The van der Waals surface area contributed by atoms with Gasteiger partial charge in [0.25, 0.3) is 0 Å². The lowest BCUT2D eigenvalue weighted by Gasteiger charge is -2.28. The number of unbranched alkanes of at least 4 members (excludes halogenated alkanes) is 1. The standard InChI is InChI=1S/C20H26FN/c21-15-3-1-2-4-17-5-7-18(8-6-17)9-10-19-11-13-20(16-22)14-12-19/h3,11-15,17-18H,1-2,4-10H2/b15-3+. The van der Waals surface area contributed by atoms with E-state index in [9.17, 15) is 4.39 Å². The summed E-state index contributed by atoms with van der Waals surface area (Å²) in [6.45, 7) is 0. The number of aryl methyl sites for hydroxylation is 1. The molecule has 0 bridgehead atoms. The second-order valence-corrected chi connectivity index (χ2v) is 6.53. The van der Waals surface area contributed by atoms with E-state index in [4.69, 9.17) is 5.26 Å². The van der Waals surface area contributed by atoms with Crippen molar-refractivity contribution in [2.24, 2.45) is 11.8 Å². The zero-order valence-corrected chi connectivity index (χ0v) is 13.3. The number of allylic oxidation sites excluding steroid dienone is 1. The average Bonchev–Trinajstić information content (AvgIpc) is 2.58. The molecule has 1 nitrogen and oxygen atoms in total. The third kappa shape index (κ3) is 5.64. The third-order valence-electron chi connectivity index (χ3n) is 4.96. The molecular formula is C20H26FN. The first-order valence-electron chi connectivity index (χ1n) is 8.56. The van der Waals surface area contributed by atoms with Crippen LogP contribution >= 0.6 is 0 Å². The Morgan fingerprint density at radius 1 is 1.05 bits per heavy atom. The number of halogens is 1. The summed E-state index contributed by atoms with van der Waals surface area (Å²) in [5.74, 6) is 1.72. The first-order chi connectivity index (χ1) is 10.8.